The number of benzene rings is 1. The predicted molar refractivity (Wildman–Crippen MR) is 54.0 cm³/mol. The van der Waals surface area contributed by atoms with E-state index in [0.29, 0.717) is 6.42 Å². The van der Waals surface area contributed by atoms with Crippen molar-refractivity contribution in [3.8, 4) is 12.3 Å². The van der Waals surface area contributed by atoms with Crippen LogP contribution in [0.1, 0.15) is 25.0 Å². The third-order valence-corrected chi connectivity index (χ3v) is 2.12. The van der Waals surface area contributed by atoms with E-state index in [4.69, 9.17) is 6.42 Å². The van der Waals surface area contributed by atoms with Gasteiger partial charge < -0.3 is 5.11 Å². The van der Waals surface area contributed by atoms with E-state index in [9.17, 15) is 5.11 Å². The summed E-state index contributed by atoms with van der Waals surface area (Å²) in [7, 11) is 0. The monoisotopic (exact) mass is 174 g/mol. The lowest BCUT2D eigenvalue weighted by molar-refractivity contribution is 0.120. The Balaban J connectivity index is 2.69. The number of hydrogen-bond donors (Lipinski definition) is 1. The van der Waals surface area contributed by atoms with Crippen molar-refractivity contribution >= 4 is 0 Å². The average Bonchev–Trinajstić information content (AvgIpc) is 2.18. The SMILES string of the molecule is C#CCC(C)C(O)c1ccccc1. The number of terminal acetylenes is 1. The first-order chi connectivity index (χ1) is 6.25. The van der Waals surface area contributed by atoms with Gasteiger partial charge in [-0.3, -0.25) is 0 Å². The molecule has 1 nitrogen and oxygen atoms in total. The molecule has 1 aromatic rings. The van der Waals surface area contributed by atoms with Gasteiger partial charge in [0.1, 0.15) is 0 Å². The van der Waals surface area contributed by atoms with E-state index in [1.807, 2.05) is 37.3 Å². The summed E-state index contributed by atoms with van der Waals surface area (Å²) in [5.41, 5.74) is 0.935. The van der Waals surface area contributed by atoms with Crippen molar-refractivity contribution in [3.05, 3.63) is 35.9 Å². The molecule has 0 spiro atoms. The normalized spacial score (nSPS) is 14.5. The van der Waals surface area contributed by atoms with Crippen molar-refractivity contribution in [2.75, 3.05) is 0 Å². The Morgan fingerprint density at radius 2 is 2.00 bits per heavy atom. The molecule has 0 bridgehead atoms. The maximum Gasteiger partial charge on any atom is 0.0824 e. The molecular weight excluding hydrogens is 160 g/mol. The lowest BCUT2D eigenvalue weighted by atomic mass is 9.95. The third kappa shape index (κ3) is 2.61. The Kier molecular flexibility index (Phi) is 3.54. The van der Waals surface area contributed by atoms with Gasteiger partial charge in [-0.2, -0.15) is 0 Å². The van der Waals surface area contributed by atoms with E-state index in [2.05, 4.69) is 5.92 Å². The topological polar surface area (TPSA) is 20.2 Å². The average molecular weight is 174 g/mol. The summed E-state index contributed by atoms with van der Waals surface area (Å²) in [5.74, 6) is 2.68. The van der Waals surface area contributed by atoms with Crippen LogP contribution in [0.2, 0.25) is 0 Å². The van der Waals surface area contributed by atoms with Gasteiger partial charge in [-0.25, -0.2) is 0 Å². The molecule has 0 aliphatic carbocycles. The molecule has 0 amide bonds. The van der Waals surface area contributed by atoms with E-state index in [1.54, 1.807) is 0 Å². The fourth-order valence-electron chi connectivity index (χ4n) is 1.28. The largest absolute Gasteiger partial charge is 0.388 e. The fourth-order valence-corrected chi connectivity index (χ4v) is 1.28. The van der Waals surface area contributed by atoms with E-state index in [0.717, 1.165) is 5.56 Å². The number of hydrogen-bond acceptors (Lipinski definition) is 1. The van der Waals surface area contributed by atoms with Crippen LogP contribution in [0, 0.1) is 18.3 Å². The summed E-state index contributed by atoms with van der Waals surface area (Å²) < 4.78 is 0. The Bertz CT molecular complexity index is 284. The first-order valence-electron chi connectivity index (χ1n) is 4.42. The highest BCUT2D eigenvalue weighted by molar-refractivity contribution is 5.18. The quantitative estimate of drug-likeness (QED) is 0.697. The summed E-state index contributed by atoms with van der Waals surface area (Å²) >= 11 is 0. The van der Waals surface area contributed by atoms with Gasteiger partial charge in [0.2, 0.25) is 0 Å². The van der Waals surface area contributed by atoms with E-state index in [1.165, 1.54) is 0 Å². The second-order valence-electron chi connectivity index (χ2n) is 3.24. The van der Waals surface area contributed by atoms with Crippen LogP contribution in [-0.2, 0) is 0 Å². The van der Waals surface area contributed by atoms with Crippen molar-refractivity contribution in [2.24, 2.45) is 5.92 Å². The molecule has 13 heavy (non-hydrogen) atoms. The van der Waals surface area contributed by atoms with Gasteiger partial charge in [0, 0.05) is 6.42 Å². The molecule has 0 aliphatic heterocycles. The van der Waals surface area contributed by atoms with Crippen molar-refractivity contribution in [1.82, 2.24) is 0 Å². The molecule has 2 unspecified atom stereocenters. The molecule has 1 heteroatoms. The molecule has 0 saturated heterocycles. The zero-order valence-electron chi connectivity index (χ0n) is 7.77. The second kappa shape index (κ2) is 4.69. The van der Waals surface area contributed by atoms with Gasteiger partial charge in [0.25, 0.3) is 0 Å². The van der Waals surface area contributed by atoms with Crippen LogP contribution in [-0.4, -0.2) is 5.11 Å². The van der Waals surface area contributed by atoms with Gasteiger partial charge >= 0.3 is 0 Å². The molecule has 0 aromatic heterocycles. The summed E-state index contributed by atoms with van der Waals surface area (Å²) in [5, 5.41) is 9.82. The highest BCUT2D eigenvalue weighted by atomic mass is 16.3. The summed E-state index contributed by atoms with van der Waals surface area (Å²) in [6, 6.07) is 9.60. The Morgan fingerprint density at radius 3 is 2.54 bits per heavy atom. The zero-order valence-corrected chi connectivity index (χ0v) is 7.77. The minimum Gasteiger partial charge on any atom is -0.388 e. The maximum atomic E-state index is 9.82. The highest BCUT2D eigenvalue weighted by Gasteiger charge is 2.14. The van der Waals surface area contributed by atoms with Gasteiger partial charge in [-0.1, -0.05) is 37.3 Å². The number of aliphatic hydroxyl groups is 1. The van der Waals surface area contributed by atoms with E-state index >= 15 is 0 Å². The first-order valence-corrected chi connectivity index (χ1v) is 4.42. The number of aliphatic hydroxyl groups excluding tert-OH is 1. The second-order valence-corrected chi connectivity index (χ2v) is 3.24. The smallest absolute Gasteiger partial charge is 0.0824 e. The molecule has 0 radical (unpaired) electrons. The molecule has 1 rings (SSSR count). The lowest BCUT2D eigenvalue weighted by Gasteiger charge is -2.16. The van der Waals surface area contributed by atoms with Crippen molar-refractivity contribution in [1.29, 1.82) is 0 Å². The molecule has 0 aliphatic rings. The van der Waals surface area contributed by atoms with Crippen LogP contribution in [0.3, 0.4) is 0 Å². The molecule has 2 atom stereocenters. The molecule has 0 heterocycles. The Hall–Kier alpha value is -1.26. The Morgan fingerprint density at radius 1 is 1.38 bits per heavy atom. The minimum absolute atomic E-state index is 0.118. The first kappa shape index (κ1) is 9.83. The van der Waals surface area contributed by atoms with Crippen molar-refractivity contribution in [2.45, 2.75) is 19.4 Å². The van der Waals surface area contributed by atoms with Crippen LogP contribution in [0.4, 0.5) is 0 Å². The molecule has 0 fully saturated rings. The molecule has 0 saturated carbocycles. The maximum absolute atomic E-state index is 9.82. The zero-order chi connectivity index (χ0) is 9.68. The van der Waals surface area contributed by atoms with Crippen molar-refractivity contribution < 1.29 is 5.11 Å². The molecular formula is C12H14O. The minimum atomic E-state index is -0.447. The van der Waals surface area contributed by atoms with Crippen molar-refractivity contribution in [3.63, 3.8) is 0 Å². The molecule has 1 aromatic carbocycles. The third-order valence-electron chi connectivity index (χ3n) is 2.12. The highest BCUT2D eigenvalue weighted by Crippen LogP contribution is 2.23. The standard InChI is InChI=1S/C12H14O/c1-3-7-10(2)12(13)11-8-5-4-6-9-11/h1,4-6,8-10,12-13H,7H2,2H3. The van der Waals surface area contributed by atoms with E-state index < -0.39 is 6.10 Å². The van der Waals surface area contributed by atoms with Gasteiger partial charge in [0.05, 0.1) is 6.10 Å². The van der Waals surface area contributed by atoms with Gasteiger partial charge in [-0.05, 0) is 11.5 Å². The molecule has 68 valence electrons. The van der Waals surface area contributed by atoms with Crippen LogP contribution in [0.15, 0.2) is 30.3 Å². The van der Waals surface area contributed by atoms with Crippen LogP contribution in [0.5, 0.6) is 0 Å². The van der Waals surface area contributed by atoms with Crippen LogP contribution < -0.4 is 0 Å². The van der Waals surface area contributed by atoms with Crippen LogP contribution in [0.25, 0.3) is 0 Å². The molecule has 1 N–H and O–H groups in total. The fraction of sp³-hybridized carbons (Fsp3) is 0.333. The van der Waals surface area contributed by atoms with Gasteiger partial charge in [-0.15, -0.1) is 12.3 Å². The van der Waals surface area contributed by atoms with E-state index in [-0.39, 0.29) is 5.92 Å². The summed E-state index contributed by atoms with van der Waals surface area (Å²) in [6.07, 6.45) is 5.34. The predicted octanol–water partition coefficient (Wildman–Crippen LogP) is 2.38. The lowest BCUT2D eigenvalue weighted by Crippen LogP contribution is -2.08. The number of rotatable bonds is 3. The Labute approximate surface area is 79.4 Å². The van der Waals surface area contributed by atoms with Gasteiger partial charge in [0.15, 0.2) is 0 Å². The summed E-state index contributed by atoms with van der Waals surface area (Å²) in [6.45, 7) is 1.96. The summed E-state index contributed by atoms with van der Waals surface area (Å²) in [4.78, 5) is 0. The van der Waals surface area contributed by atoms with Crippen LogP contribution >= 0.6 is 0 Å².